The van der Waals surface area contributed by atoms with Gasteiger partial charge in [0.2, 0.25) is 0 Å². The molecule has 0 radical (unpaired) electrons. The van der Waals surface area contributed by atoms with Crippen molar-refractivity contribution >= 4 is 23.4 Å². The number of rotatable bonds is 5. The lowest BCUT2D eigenvalue weighted by Crippen LogP contribution is -2.35. The van der Waals surface area contributed by atoms with Gasteiger partial charge in [-0.3, -0.25) is 4.79 Å². The van der Waals surface area contributed by atoms with Crippen LogP contribution in [0.15, 0.2) is 24.3 Å². The first-order chi connectivity index (χ1) is 8.06. The van der Waals surface area contributed by atoms with Gasteiger partial charge in [0.1, 0.15) is 0 Å². The van der Waals surface area contributed by atoms with Crippen molar-refractivity contribution < 1.29 is 4.79 Å². The fourth-order valence-corrected chi connectivity index (χ4v) is 2.13. The molecule has 17 heavy (non-hydrogen) atoms. The second kappa shape index (κ2) is 6.55. The van der Waals surface area contributed by atoms with Crippen LogP contribution < -0.4 is 5.73 Å². The van der Waals surface area contributed by atoms with Crippen molar-refractivity contribution in [3.63, 3.8) is 0 Å². The van der Waals surface area contributed by atoms with Gasteiger partial charge in [-0.2, -0.15) is 11.8 Å². The molecule has 0 fully saturated rings. The molecule has 4 heteroatoms. The fraction of sp³-hybridized carbons (Fsp3) is 0.462. The first-order valence-electron chi connectivity index (χ1n) is 5.68. The van der Waals surface area contributed by atoms with Gasteiger partial charge in [-0.15, -0.1) is 0 Å². The summed E-state index contributed by atoms with van der Waals surface area (Å²) in [5.74, 6) is 1.10. The van der Waals surface area contributed by atoms with Gasteiger partial charge in [-0.25, -0.2) is 0 Å². The van der Waals surface area contributed by atoms with Crippen LogP contribution in [0.3, 0.4) is 0 Å². The average Bonchev–Trinajstić information content (AvgIpc) is 2.34. The van der Waals surface area contributed by atoms with Crippen molar-refractivity contribution in [3.8, 4) is 0 Å². The van der Waals surface area contributed by atoms with Crippen molar-refractivity contribution in [1.82, 2.24) is 4.90 Å². The Morgan fingerprint density at radius 1 is 1.53 bits per heavy atom. The highest BCUT2D eigenvalue weighted by molar-refractivity contribution is 7.98. The summed E-state index contributed by atoms with van der Waals surface area (Å²) in [5, 5.41) is 0. The third kappa shape index (κ3) is 3.97. The van der Waals surface area contributed by atoms with E-state index in [9.17, 15) is 4.79 Å². The van der Waals surface area contributed by atoms with E-state index >= 15 is 0 Å². The summed E-state index contributed by atoms with van der Waals surface area (Å²) in [6.45, 7) is 2.07. The normalized spacial score (nSPS) is 12.2. The smallest absolute Gasteiger partial charge is 0.253 e. The largest absolute Gasteiger partial charge is 0.399 e. The first kappa shape index (κ1) is 13.9. The predicted octanol–water partition coefficient (Wildman–Crippen LogP) is 2.48. The summed E-state index contributed by atoms with van der Waals surface area (Å²) in [5.41, 5.74) is 6.96. The second-order valence-electron chi connectivity index (χ2n) is 4.17. The maximum atomic E-state index is 12.2. The Balaban J connectivity index is 2.69. The molecule has 1 rings (SSSR count). The zero-order valence-corrected chi connectivity index (χ0v) is 11.5. The number of carbonyl (C=O) groups is 1. The van der Waals surface area contributed by atoms with Crippen LogP contribution in [-0.4, -0.2) is 35.9 Å². The van der Waals surface area contributed by atoms with Gasteiger partial charge in [0.05, 0.1) is 0 Å². The number of nitrogens with zero attached hydrogens (tertiary/aromatic N) is 1. The number of thioether (sulfide) groups is 1. The highest BCUT2D eigenvalue weighted by atomic mass is 32.2. The number of anilines is 1. The van der Waals surface area contributed by atoms with Gasteiger partial charge >= 0.3 is 0 Å². The van der Waals surface area contributed by atoms with Crippen LogP contribution in [0.1, 0.15) is 23.7 Å². The van der Waals surface area contributed by atoms with Gasteiger partial charge in [0.25, 0.3) is 5.91 Å². The molecule has 0 aliphatic carbocycles. The van der Waals surface area contributed by atoms with E-state index in [2.05, 4.69) is 13.2 Å². The van der Waals surface area contributed by atoms with E-state index in [0.717, 1.165) is 12.2 Å². The quantitative estimate of drug-likeness (QED) is 0.819. The summed E-state index contributed by atoms with van der Waals surface area (Å²) in [4.78, 5) is 13.9. The number of carbonyl (C=O) groups excluding carboxylic acids is 1. The molecular weight excluding hydrogens is 232 g/mol. The van der Waals surface area contributed by atoms with Gasteiger partial charge < -0.3 is 10.6 Å². The standard InChI is InChI=1S/C13H20N2OS/c1-10(7-8-17-3)15(2)13(16)11-5-4-6-12(14)9-11/h4-6,9-10H,7-8,14H2,1-3H3. The molecule has 1 aromatic carbocycles. The Hall–Kier alpha value is -1.16. The number of benzene rings is 1. The van der Waals surface area contributed by atoms with Crippen LogP contribution in [0.5, 0.6) is 0 Å². The van der Waals surface area contributed by atoms with E-state index in [0.29, 0.717) is 11.3 Å². The third-order valence-electron chi connectivity index (χ3n) is 2.85. The van der Waals surface area contributed by atoms with E-state index in [-0.39, 0.29) is 11.9 Å². The first-order valence-corrected chi connectivity index (χ1v) is 7.07. The zero-order chi connectivity index (χ0) is 12.8. The number of nitrogen functional groups attached to an aromatic ring is 1. The minimum atomic E-state index is 0.0332. The molecule has 0 saturated heterocycles. The zero-order valence-electron chi connectivity index (χ0n) is 10.6. The van der Waals surface area contributed by atoms with E-state index in [1.165, 1.54) is 0 Å². The Kier molecular flexibility index (Phi) is 5.35. The number of nitrogens with two attached hydrogens (primary N) is 1. The van der Waals surface area contributed by atoms with E-state index in [1.807, 2.05) is 13.1 Å². The summed E-state index contributed by atoms with van der Waals surface area (Å²) < 4.78 is 0. The second-order valence-corrected chi connectivity index (χ2v) is 5.16. The molecule has 1 aromatic rings. The van der Waals surface area contributed by atoms with Gasteiger partial charge in [0, 0.05) is 24.3 Å². The van der Waals surface area contributed by atoms with Crippen LogP contribution in [0.4, 0.5) is 5.69 Å². The molecule has 0 aliphatic rings. The highest BCUT2D eigenvalue weighted by Gasteiger charge is 2.16. The molecule has 0 aliphatic heterocycles. The average molecular weight is 252 g/mol. The van der Waals surface area contributed by atoms with E-state index in [1.54, 1.807) is 34.9 Å². The topological polar surface area (TPSA) is 46.3 Å². The molecule has 1 atom stereocenters. The van der Waals surface area contributed by atoms with Gasteiger partial charge in [-0.1, -0.05) is 6.07 Å². The lowest BCUT2D eigenvalue weighted by Gasteiger charge is -2.25. The van der Waals surface area contributed by atoms with Crippen molar-refractivity contribution in [2.75, 3.05) is 24.8 Å². The van der Waals surface area contributed by atoms with Crippen LogP contribution in [0.25, 0.3) is 0 Å². The Bertz CT molecular complexity index is 381. The summed E-state index contributed by atoms with van der Waals surface area (Å²) >= 11 is 1.80. The number of hydrogen-bond acceptors (Lipinski definition) is 3. The monoisotopic (exact) mass is 252 g/mol. The molecule has 3 nitrogen and oxygen atoms in total. The molecule has 0 saturated carbocycles. The molecular formula is C13H20N2OS. The van der Waals surface area contributed by atoms with Crippen molar-refractivity contribution in [2.24, 2.45) is 0 Å². The molecule has 0 heterocycles. The highest BCUT2D eigenvalue weighted by Crippen LogP contribution is 2.13. The molecule has 0 aromatic heterocycles. The maximum Gasteiger partial charge on any atom is 0.253 e. The summed E-state index contributed by atoms with van der Waals surface area (Å²) in [7, 11) is 1.84. The van der Waals surface area contributed by atoms with Crippen molar-refractivity contribution in [2.45, 2.75) is 19.4 Å². The number of hydrogen-bond donors (Lipinski definition) is 1. The lowest BCUT2D eigenvalue weighted by atomic mass is 10.1. The lowest BCUT2D eigenvalue weighted by molar-refractivity contribution is 0.0741. The third-order valence-corrected chi connectivity index (χ3v) is 3.50. The Morgan fingerprint density at radius 3 is 2.82 bits per heavy atom. The maximum absolute atomic E-state index is 12.2. The van der Waals surface area contributed by atoms with Crippen molar-refractivity contribution in [1.29, 1.82) is 0 Å². The molecule has 0 bridgehead atoms. The Morgan fingerprint density at radius 2 is 2.24 bits per heavy atom. The number of amides is 1. The predicted molar refractivity (Wildman–Crippen MR) is 75.4 cm³/mol. The molecule has 0 spiro atoms. The van der Waals surface area contributed by atoms with Gasteiger partial charge in [0.15, 0.2) is 0 Å². The van der Waals surface area contributed by atoms with Crippen LogP contribution in [-0.2, 0) is 0 Å². The van der Waals surface area contributed by atoms with Crippen LogP contribution >= 0.6 is 11.8 Å². The molecule has 2 N–H and O–H groups in total. The molecule has 1 unspecified atom stereocenters. The van der Waals surface area contributed by atoms with Gasteiger partial charge in [-0.05, 0) is 43.6 Å². The van der Waals surface area contributed by atoms with Crippen LogP contribution in [0, 0.1) is 0 Å². The molecule has 94 valence electrons. The minimum absolute atomic E-state index is 0.0332. The molecule has 1 amide bonds. The van der Waals surface area contributed by atoms with Crippen LogP contribution in [0.2, 0.25) is 0 Å². The minimum Gasteiger partial charge on any atom is -0.399 e. The van der Waals surface area contributed by atoms with E-state index in [4.69, 9.17) is 5.73 Å². The Labute approximate surface area is 107 Å². The fourth-order valence-electron chi connectivity index (χ4n) is 1.56. The van der Waals surface area contributed by atoms with E-state index < -0.39 is 0 Å². The summed E-state index contributed by atoms with van der Waals surface area (Å²) in [6, 6.07) is 7.37. The SMILES string of the molecule is CSCCC(C)N(C)C(=O)c1cccc(N)c1. The summed E-state index contributed by atoms with van der Waals surface area (Å²) in [6.07, 6.45) is 3.08. The van der Waals surface area contributed by atoms with Crippen molar-refractivity contribution in [3.05, 3.63) is 29.8 Å².